The molecule has 0 aromatic carbocycles. The first-order valence-corrected chi connectivity index (χ1v) is 7.22. The maximum absolute atomic E-state index is 12.4. The van der Waals surface area contributed by atoms with E-state index in [1.807, 2.05) is 0 Å². The Kier molecular flexibility index (Phi) is 5.09. The fraction of sp³-hybridized carbons (Fsp3) is 0.438. The molecule has 5 nitrogen and oxygen atoms in total. The average Bonchev–Trinajstić information content (AvgIpc) is 2.45. The molecule has 0 spiro atoms. The number of carbonyl (C=O) groups is 2. The van der Waals surface area contributed by atoms with Gasteiger partial charge < -0.3 is 10.4 Å². The highest BCUT2D eigenvalue weighted by Gasteiger charge is 2.21. The minimum absolute atomic E-state index is 0.165. The molecule has 2 rings (SSSR count). The van der Waals surface area contributed by atoms with Gasteiger partial charge in [-0.25, -0.2) is 4.79 Å². The molecule has 2 unspecified atom stereocenters. The number of hydrogen-bond acceptors (Lipinski definition) is 3. The van der Waals surface area contributed by atoms with Crippen molar-refractivity contribution in [2.24, 2.45) is 5.92 Å². The first-order valence-electron chi connectivity index (χ1n) is 7.22. The summed E-state index contributed by atoms with van der Waals surface area (Å²) in [6, 6.07) is 1.81. The van der Waals surface area contributed by atoms with Crippen LogP contribution in [0.1, 0.15) is 48.5 Å². The lowest BCUT2D eigenvalue weighted by molar-refractivity contribution is -0.131. The van der Waals surface area contributed by atoms with Crippen LogP contribution in [-0.4, -0.2) is 28.0 Å². The third-order valence-corrected chi connectivity index (χ3v) is 3.77. The third-order valence-electron chi connectivity index (χ3n) is 3.77. The van der Waals surface area contributed by atoms with Gasteiger partial charge in [-0.2, -0.15) is 0 Å². The van der Waals surface area contributed by atoms with E-state index in [1.54, 1.807) is 6.07 Å². The quantitative estimate of drug-likeness (QED) is 0.834. The molecule has 2 atom stereocenters. The van der Waals surface area contributed by atoms with Gasteiger partial charge in [0.1, 0.15) is 0 Å². The number of pyridine rings is 1. The van der Waals surface area contributed by atoms with Crippen LogP contribution >= 0.6 is 0 Å². The Morgan fingerprint density at radius 1 is 1.43 bits per heavy atom. The lowest BCUT2D eigenvalue weighted by Gasteiger charge is -2.27. The summed E-state index contributed by atoms with van der Waals surface area (Å²) in [5.41, 5.74) is 0.974. The first kappa shape index (κ1) is 15.2. The zero-order valence-electron chi connectivity index (χ0n) is 12.1. The van der Waals surface area contributed by atoms with E-state index in [4.69, 9.17) is 5.11 Å². The molecule has 1 saturated carbocycles. The topological polar surface area (TPSA) is 79.3 Å². The molecule has 1 heterocycles. The normalized spacial score (nSPS) is 22.1. The van der Waals surface area contributed by atoms with Crippen LogP contribution in [0.3, 0.4) is 0 Å². The zero-order chi connectivity index (χ0) is 15.2. The van der Waals surface area contributed by atoms with Crippen LogP contribution in [0.2, 0.25) is 0 Å². The van der Waals surface area contributed by atoms with E-state index in [2.05, 4.69) is 17.2 Å². The predicted octanol–water partition coefficient (Wildman–Crippen LogP) is 2.49. The molecule has 0 bridgehead atoms. The predicted molar refractivity (Wildman–Crippen MR) is 79.8 cm³/mol. The molecule has 112 valence electrons. The Bertz CT molecular complexity index is 554. The van der Waals surface area contributed by atoms with E-state index >= 15 is 0 Å². The Labute approximate surface area is 124 Å². The Balaban J connectivity index is 2.10. The second-order valence-corrected chi connectivity index (χ2v) is 5.58. The number of amides is 1. The summed E-state index contributed by atoms with van der Waals surface area (Å²) in [6.07, 6.45) is 9.79. The van der Waals surface area contributed by atoms with Crippen LogP contribution in [0.4, 0.5) is 0 Å². The number of rotatable bonds is 4. The third kappa shape index (κ3) is 4.41. The van der Waals surface area contributed by atoms with Crippen molar-refractivity contribution < 1.29 is 14.7 Å². The number of nitrogens with zero attached hydrogens (tertiary/aromatic N) is 1. The first-order chi connectivity index (χ1) is 10.1. The number of carbonyl (C=O) groups excluding carboxylic acids is 1. The van der Waals surface area contributed by atoms with Gasteiger partial charge in [0.05, 0.1) is 0 Å². The van der Waals surface area contributed by atoms with Gasteiger partial charge in [0, 0.05) is 35.6 Å². The van der Waals surface area contributed by atoms with E-state index in [0.29, 0.717) is 17.0 Å². The van der Waals surface area contributed by atoms with Crippen molar-refractivity contribution >= 4 is 18.0 Å². The van der Waals surface area contributed by atoms with E-state index in [1.165, 1.54) is 24.9 Å². The standard InChI is InChI=1S/C16H20N2O3/c1-11-3-2-4-13(9-11)18-16(21)14-7-8-17-10-12(14)5-6-15(19)20/h5-8,10-11,13H,2-4,9H2,1H3,(H,18,21)(H,19,20). The van der Waals surface area contributed by atoms with Gasteiger partial charge in [-0.15, -0.1) is 0 Å². The van der Waals surface area contributed by atoms with Gasteiger partial charge in [0.15, 0.2) is 0 Å². The minimum atomic E-state index is -1.05. The van der Waals surface area contributed by atoms with Gasteiger partial charge in [0.2, 0.25) is 0 Å². The maximum Gasteiger partial charge on any atom is 0.328 e. The largest absolute Gasteiger partial charge is 0.478 e. The number of aromatic nitrogens is 1. The van der Waals surface area contributed by atoms with Crippen molar-refractivity contribution in [3.05, 3.63) is 35.7 Å². The summed E-state index contributed by atoms with van der Waals surface area (Å²) in [6.45, 7) is 2.20. The summed E-state index contributed by atoms with van der Waals surface area (Å²) < 4.78 is 0. The van der Waals surface area contributed by atoms with Crippen LogP contribution < -0.4 is 5.32 Å². The molecule has 0 aliphatic heterocycles. The molecule has 1 aromatic heterocycles. The van der Waals surface area contributed by atoms with Crippen molar-refractivity contribution in [3.8, 4) is 0 Å². The van der Waals surface area contributed by atoms with Crippen LogP contribution in [0.5, 0.6) is 0 Å². The SMILES string of the molecule is CC1CCCC(NC(=O)c2ccncc2C=CC(=O)O)C1. The number of hydrogen-bond donors (Lipinski definition) is 2. The van der Waals surface area contributed by atoms with E-state index in [9.17, 15) is 9.59 Å². The van der Waals surface area contributed by atoms with Crippen molar-refractivity contribution in [1.29, 1.82) is 0 Å². The Morgan fingerprint density at radius 3 is 2.95 bits per heavy atom. The fourth-order valence-electron chi connectivity index (χ4n) is 2.74. The molecule has 2 N–H and O–H groups in total. The summed E-state index contributed by atoms with van der Waals surface area (Å²) in [5, 5.41) is 11.7. The molecule has 21 heavy (non-hydrogen) atoms. The average molecular weight is 288 g/mol. The molecule has 1 fully saturated rings. The van der Waals surface area contributed by atoms with E-state index < -0.39 is 5.97 Å². The molecular weight excluding hydrogens is 268 g/mol. The second-order valence-electron chi connectivity index (χ2n) is 5.58. The van der Waals surface area contributed by atoms with Gasteiger partial charge >= 0.3 is 5.97 Å². The number of carboxylic acid groups (broad SMARTS) is 1. The highest BCUT2D eigenvalue weighted by Crippen LogP contribution is 2.24. The fourth-order valence-corrected chi connectivity index (χ4v) is 2.74. The van der Waals surface area contributed by atoms with Gasteiger partial charge in [-0.3, -0.25) is 9.78 Å². The molecule has 0 radical (unpaired) electrons. The second kappa shape index (κ2) is 7.02. The molecule has 1 aromatic rings. The van der Waals surface area contributed by atoms with Crippen molar-refractivity contribution in [1.82, 2.24) is 10.3 Å². The summed E-state index contributed by atoms with van der Waals surface area (Å²) >= 11 is 0. The van der Waals surface area contributed by atoms with Crippen LogP contribution in [0.25, 0.3) is 6.08 Å². The molecule has 0 saturated heterocycles. The highest BCUT2D eigenvalue weighted by atomic mass is 16.4. The Morgan fingerprint density at radius 2 is 2.24 bits per heavy atom. The zero-order valence-corrected chi connectivity index (χ0v) is 12.1. The van der Waals surface area contributed by atoms with E-state index in [-0.39, 0.29) is 11.9 Å². The molecule has 5 heteroatoms. The molecular formula is C16H20N2O3. The number of nitrogens with one attached hydrogen (secondary N) is 1. The lowest BCUT2D eigenvalue weighted by atomic mass is 9.87. The van der Waals surface area contributed by atoms with Crippen molar-refractivity contribution in [2.75, 3.05) is 0 Å². The monoisotopic (exact) mass is 288 g/mol. The maximum atomic E-state index is 12.4. The lowest BCUT2D eigenvalue weighted by Crippen LogP contribution is -2.38. The molecule has 1 aliphatic rings. The van der Waals surface area contributed by atoms with E-state index in [0.717, 1.165) is 25.3 Å². The summed E-state index contributed by atoms with van der Waals surface area (Å²) in [5.74, 6) is -0.583. The van der Waals surface area contributed by atoms with Gasteiger partial charge in [-0.05, 0) is 30.9 Å². The highest BCUT2D eigenvalue weighted by molar-refractivity contribution is 5.98. The molecule has 1 aliphatic carbocycles. The number of carboxylic acids is 1. The Hall–Kier alpha value is -2.17. The number of aliphatic carboxylic acids is 1. The van der Waals surface area contributed by atoms with Crippen LogP contribution in [-0.2, 0) is 4.79 Å². The van der Waals surface area contributed by atoms with Crippen molar-refractivity contribution in [2.45, 2.75) is 38.6 Å². The molecule has 1 amide bonds. The van der Waals surface area contributed by atoms with Crippen molar-refractivity contribution in [3.63, 3.8) is 0 Å². The summed E-state index contributed by atoms with van der Waals surface area (Å²) in [7, 11) is 0. The smallest absolute Gasteiger partial charge is 0.328 e. The van der Waals surface area contributed by atoms with Gasteiger partial charge in [0.25, 0.3) is 5.91 Å². The minimum Gasteiger partial charge on any atom is -0.478 e. The van der Waals surface area contributed by atoms with Crippen LogP contribution in [0, 0.1) is 5.92 Å². The van der Waals surface area contributed by atoms with Gasteiger partial charge in [-0.1, -0.05) is 19.8 Å². The van der Waals surface area contributed by atoms with Crippen LogP contribution in [0.15, 0.2) is 24.5 Å². The summed E-state index contributed by atoms with van der Waals surface area (Å²) in [4.78, 5) is 26.9.